The average molecular weight is 482 g/mol. The second-order valence-electron chi connectivity index (χ2n) is 8.52. The second-order valence-corrected chi connectivity index (χ2v) is 8.52. The topological polar surface area (TPSA) is 202 Å². The maximum Gasteiger partial charge on any atom is 0.308 e. The summed E-state index contributed by atoms with van der Waals surface area (Å²) in [4.78, 5) is 22.7. The first kappa shape index (κ1) is 27.8. The molecule has 0 aliphatic carbocycles. The van der Waals surface area contributed by atoms with E-state index in [1.807, 2.05) is 0 Å². The Hall–Kier alpha value is -1.42. The third kappa shape index (κ3) is 7.28. The molecule has 2 saturated heterocycles. The van der Waals surface area contributed by atoms with Crippen LogP contribution in [0.2, 0.25) is 0 Å². The Bertz CT molecular complexity index is 660. The van der Waals surface area contributed by atoms with Crippen molar-refractivity contribution in [2.24, 2.45) is 0 Å². The van der Waals surface area contributed by atoms with Crippen LogP contribution in [-0.2, 0) is 33.3 Å². The first-order chi connectivity index (χ1) is 15.3. The van der Waals surface area contributed by atoms with Gasteiger partial charge >= 0.3 is 11.9 Å². The molecule has 0 aromatic heterocycles. The Morgan fingerprint density at radius 2 is 1.33 bits per heavy atom. The van der Waals surface area contributed by atoms with Crippen molar-refractivity contribution in [3.63, 3.8) is 0 Å². The van der Waals surface area contributed by atoms with E-state index in [1.165, 1.54) is 27.7 Å². The number of aliphatic hydroxyl groups excluding tert-OH is 5. The van der Waals surface area contributed by atoms with Crippen molar-refractivity contribution < 1.29 is 63.9 Å². The predicted molar refractivity (Wildman–Crippen MR) is 107 cm³/mol. The highest BCUT2D eigenvalue weighted by molar-refractivity contribution is 5.71. The molecule has 2 heterocycles. The first-order valence-corrected chi connectivity index (χ1v) is 10.7. The van der Waals surface area contributed by atoms with E-state index in [0.717, 1.165) is 0 Å². The summed E-state index contributed by atoms with van der Waals surface area (Å²) >= 11 is 0. The van der Waals surface area contributed by atoms with E-state index >= 15 is 0 Å². The zero-order valence-corrected chi connectivity index (χ0v) is 18.9. The number of rotatable bonds is 9. The lowest BCUT2D eigenvalue weighted by Gasteiger charge is -2.45. The largest absolute Gasteiger partial charge is 0.481 e. The molecule has 13 nitrogen and oxygen atoms in total. The summed E-state index contributed by atoms with van der Waals surface area (Å²) in [7, 11) is 0. The van der Waals surface area contributed by atoms with Crippen LogP contribution in [-0.4, -0.2) is 116 Å². The molecule has 6 N–H and O–H groups in total. The van der Waals surface area contributed by atoms with E-state index in [4.69, 9.17) is 28.8 Å². The van der Waals surface area contributed by atoms with Crippen molar-refractivity contribution in [1.82, 2.24) is 0 Å². The SMILES string of the molecule is CC(CC(=O)O)OC(=O)CC(C)O[C@@H]1OC(C)[C@H](O)C(O)C1O[C@@H]1OC(C)[C@H](O)C(O)C1O. The van der Waals surface area contributed by atoms with Gasteiger partial charge in [-0.2, -0.15) is 0 Å². The van der Waals surface area contributed by atoms with Gasteiger partial charge in [-0.25, -0.2) is 0 Å². The summed E-state index contributed by atoms with van der Waals surface area (Å²) in [5, 5.41) is 59.5. The summed E-state index contributed by atoms with van der Waals surface area (Å²) in [5.41, 5.74) is 0. The van der Waals surface area contributed by atoms with Gasteiger partial charge in [0.25, 0.3) is 0 Å². The molecule has 0 bridgehead atoms. The number of carbonyl (C=O) groups is 2. The molecule has 0 saturated carbocycles. The molecular formula is C20H34O13. The lowest BCUT2D eigenvalue weighted by Crippen LogP contribution is -2.63. The minimum absolute atomic E-state index is 0.270. The van der Waals surface area contributed by atoms with Gasteiger partial charge in [-0.15, -0.1) is 0 Å². The van der Waals surface area contributed by atoms with E-state index in [0.29, 0.717) is 0 Å². The van der Waals surface area contributed by atoms with Crippen molar-refractivity contribution >= 4 is 11.9 Å². The zero-order chi connectivity index (χ0) is 25.0. The monoisotopic (exact) mass is 482 g/mol. The molecule has 2 fully saturated rings. The zero-order valence-electron chi connectivity index (χ0n) is 18.9. The van der Waals surface area contributed by atoms with Crippen LogP contribution in [0.5, 0.6) is 0 Å². The number of carboxylic acids is 1. The van der Waals surface area contributed by atoms with Crippen molar-refractivity contribution in [1.29, 1.82) is 0 Å². The quantitative estimate of drug-likeness (QED) is 0.195. The standard InChI is InChI=1S/C20H34O13/c1-7(5-11(21)22)29-12(23)6-8(2)30-20-18(16(27)14(25)10(4)32-20)33-19-17(28)15(26)13(24)9(3)31-19/h7-10,13-20,24-28H,5-6H2,1-4H3,(H,21,22)/t7?,8?,9?,10?,13-,14-,15?,16?,17?,18?,19-,20+/m0/s1. The van der Waals surface area contributed by atoms with E-state index in [2.05, 4.69) is 0 Å². The summed E-state index contributed by atoms with van der Waals surface area (Å²) < 4.78 is 27.3. The fraction of sp³-hybridized carbons (Fsp3) is 0.900. The lowest BCUT2D eigenvalue weighted by atomic mass is 9.98. The summed E-state index contributed by atoms with van der Waals surface area (Å²) in [6.07, 6.45) is -15.8. The number of carboxylic acid groups (broad SMARTS) is 1. The van der Waals surface area contributed by atoms with Gasteiger partial charge in [0.05, 0.1) is 31.2 Å². The second kappa shape index (κ2) is 11.8. The molecule has 0 radical (unpaired) electrons. The predicted octanol–water partition coefficient (Wildman–Crippen LogP) is -2.13. The molecule has 33 heavy (non-hydrogen) atoms. The number of aliphatic carboxylic acids is 1. The van der Waals surface area contributed by atoms with Crippen LogP contribution >= 0.6 is 0 Å². The van der Waals surface area contributed by atoms with Crippen molar-refractivity contribution in [2.45, 2.75) is 114 Å². The average Bonchev–Trinajstić information content (AvgIpc) is 2.70. The minimum Gasteiger partial charge on any atom is -0.481 e. The molecule has 8 unspecified atom stereocenters. The number of carbonyl (C=O) groups excluding carboxylic acids is 1. The molecule has 2 aliphatic heterocycles. The van der Waals surface area contributed by atoms with Crippen LogP contribution in [0.25, 0.3) is 0 Å². The Balaban J connectivity index is 2.04. The summed E-state index contributed by atoms with van der Waals surface area (Å²) in [5.74, 6) is -1.83. The third-order valence-electron chi connectivity index (χ3n) is 5.50. The van der Waals surface area contributed by atoms with E-state index in [1.54, 1.807) is 0 Å². The Kier molecular flexibility index (Phi) is 9.96. The summed E-state index contributed by atoms with van der Waals surface area (Å²) in [6, 6.07) is 0. The minimum atomic E-state index is -1.66. The summed E-state index contributed by atoms with van der Waals surface area (Å²) in [6.45, 7) is 5.89. The van der Waals surface area contributed by atoms with Crippen LogP contribution in [0.15, 0.2) is 0 Å². The van der Waals surface area contributed by atoms with Crippen molar-refractivity contribution in [2.75, 3.05) is 0 Å². The normalized spacial score (nSPS) is 41.2. The van der Waals surface area contributed by atoms with Crippen LogP contribution in [0, 0.1) is 0 Å². The molecule has 2 rings (SSSR count). The van der Waals surface area contributed by atoms with E-state index in [9.17, 15) is 35.1 Å². The maximum absolute atomic E-state index is 12.1. The van der Waals surface area contributed by atoms with Gasteiger partial charge in [0.15, 0.2) is 12.6 Å². The van der Waals surface area contributed by atoms with Gasteiger partial charge in [-0.05, 0) is 27.7 Å². The number of ether oxygens (including phenoxy) is 5. The molecule has 0 amide bonds. The first-order valence-electron chi connectivity index (χ1n) is 10.7. The van der Waals surface area contributed by atoms with Gasteiger partial charge < -0.3 is 54.3 Å². The highest BCUT2D eigenvalue weighted by Crippen LogP contribution is 2.30. The van der Waals surface area contributed by atoms with Crippen LogP contribution in [0.1, 0.15) is 40.5 Å². The van der Waals surface area contributed by atoms with Gasteiger partial charge in [-0.3, -0.25) is 9.59 Å². The number of hydrogen-bond acceptors (Lipinski definition) is 12. The number of hydrogen-bond donors (Lipinski definition) is 6. The molecule has 0 aromatic carbocycles. The fourth-order valence-corrected chi connectivity index (χ4v) is 3.61. The fourth-order valence-electron chi connectivity index (χ4n) is 3.61. The van der Waals surface area contributed by atoms with Crippen molar-refractivity contribution in [3.8, 4) is 0 Å². The van der Waals surface area contributed by atoms with Gasteiger partial charge in [0.2, 0.25) is 0 Å². The van der Waals surface area contributed by atoms with Crippen LogP contribution in [0.3, 0.4) is 0 Å². The molecular weight excluding hydrogens is 448 g/mol. The molecule has 12 atom stereocenters. The smallest absolute Gasteiger partial charge is 0.308 e. The Morgan fingerprint density at radius 1 is 0.788 bits per heavy atom. The van der Waals surface area contributed by atoms with Gasteiger partial charge in [0.1, 0.15) is 42.7 Å². The molecule has 192 valence electrons. The van der Waals surface area contributed by atoms with Gasteiger partial charge in [-0.1, -0.05) is 0 Å². The lowest BCUT2D eigenvalue weighted by molar-refractivity contribution is -0.365. The maximum atomic E-state index is 12.1. The highest BCUT2D eigenvalue weighted by atomic mass is 16.8. The highest BCUT2D eigenvalue weighted by Gasteiger charge is 2.49. The van der Waals surface area contributed by atoms with Crippen LogP contribution in [0.4, 0.5) is 0 Å². The van der Waals surface area contributed by atoms with Crippen LogP contribution < -0.4 is 0 Å². The Morgan fingerprint density at radius 3 is 1.91 bits per heavy atom. The van der Waals surface area contributed by atoms with E-state index in [-0.39, 0.29) is 12.8 Å². The van der Waals surface area contributed by atoms with Gasteiger partial charge in [0, 0.05) is 0 Å². The molecule has 2 aliphatic rings. The van der Waals surface area contributed by atoms with E-state index < -0.39 is 85.6 Å². The molecule has 0 aromatic rings. The number of aliphatic hydroxyl groups is 5. The third-order valence-corrected chi connectivity index (χ3v) is 5.50. The van der Waals surface area contributed by atoms with Crippen molar-refractivity contribution in [3.05, 3.63) is 0 Å². The number of esters is 1. The molecule has 13 heteroatoms. The molecule has 0 spiro atoms. The Labute approximate surface area is 190 Å².